The minimum absolute atomic E-state index is 0.332. The van der Waals surface area contributed by atoms with E-state index in [4.69, 9.17) is 0 Å². The van der Waals surface area contributed by atoms with Gasteiger partial charge in [-0.15, -0.1) is 0 Å². The van der Waals surface area contributed by atoms with E-state index >= 15 is 0 Å². The highest BCUT2D eigenvalue weighted by molar-refractivity contribution is 5.88. The molecule has 1 atom stereocenters. The molecule has 1 aliphatic heterocycles. The smallest absolute Gasteiger partial charge is 0.137 e. The van der Waals surface area contributed by atoms with Gasteiger partial charge in [0.05, 0.1) is 5.52 Å². The molecule has 1 aliphatic rings. The molecule has 1 aromatic carbocycles. The number of Topliss-reactive ketones (excluding diaryl/α,β-unsaturated/α-hetero) is 1. The number of fused-ring (bicyclic) bond motifs is 1. The number of rotatable bonds is 5. The van der Waals surface area contributed by atoms with Gasteiger partial charge in [0, 0.05) is 30.5 Å². The van der Waals surface area contributed by atoms with Crippen LogP contribution in [0.5, 0.6) is 0 Å². The molecule has 3 rings (SSSR count). The van der Waals surface area contributed by atoms with E-state index in [0.717, 1.165) is 29.4 Å². The SMILES string of the molecule is O=C(CCC1CCCCN1)Cc1ccnc2ccccc12. The van der Waals surface area contributed by atoms with Crippen LogP contribution in [0.25, 0.3) is 10.9 Å². The lowest BCUT2D eigenvalue weighted by Crippen LogP contribution is -2.34. The maximum atomic E-state index is 12.3. The van der Waals surface area contributed by atoms with Gasteiger partial charge >= 0.3 is 0 Å². The largest absolute Gasteiger partial charge is 0.314 e. The Morgan fingerprint density at radius 2 is 2.14 bits per heavy atom. The Morgan fingerprint density at radius 1 is 1.24 bits per heavy atom. The van der Waals surface area contributed by atoms with Crippen molar-refractivity contribution in [3.8, 4) is 0 Å². The van der Waals surface area contributed by atoms with Crippen LogP contribution in [0.15, 0.2) is 36.5 Å². The lowest BCUT2D eigenvalue weighted by molar-refractivity contribution is -0.118. The van der Waals surface area contributed by atoms with Crippen molar-refractivity contribution in [1.82, 2.24) is 10.3 Å². The monoisotopic (exact) mass is 282 g/mol. The number of ketones is 1. The summed E-state index contributed by atoms with van der Waals surface area (Å²) in [6.07, 6.45) is 7.75. The number of carbonyl (C=O) groups is 1. The molecule has 2 heterocycles. The Balaban J connectivity index is 1.61. The summed E-state index contributed by atoms with van der Waals surface area (Å²) in [7, 11) is 0. The summed E-state index contributed by atoms with van der Waals surface area (Å²) in [5.74, 6) is 0.332. The molecule has 1 aromatic heterocycles. The topological polar surface area (TPSA) is 42.0 Å². The van der Waals surface area contributed by atoms with Gasteiger partial charge in [0.1, 0.15) is 5.78 Å². The van der Waals surface area contributed by atoms with Gasteiger partial charge in [-0.05, 0) is 43.5 Å². The standard InChI is InChI=1S/C18H22N2O/c21-16(9-8-15-5-3-4-11-19-15)13-14-10-12-20-18-7-2-1-6-17(14)18/h1-2,6-7,10,12,15,19H,3-5,8-9,11,13H2. The summed E-state index contributed by atoms with van der Waals surface area (Å²) >= 11 is 0. The third kappa shape index (κ3) is 3.67. The number of nitrogens with zero attached hydrogens (tertiary/aromatic N) is 1. The zero-order chi connectivity index (χ0) is 14.5. The fourth-order valence-electron chi connectivity index (χ4n) is 3.12. The molecular formula is C18H22N2O. The van der Waals surface area contributed by atoms with Crippen LogP contribution in [-0.2, 0) is 11.2 Å². The Morgan fingerprint density at radius 3 is 3.00 bits per heavy atom. The van der Waals surface area contributed by atoms with Crippen LogP contribution in [-0.4, -0.2) is 23.4 Å². The van der Waals surface area contributed by atoms with Gasteiger partial charge in [0.25, 0.3) is 0 Å². The molecule has 0 saturated carbocycles. The lowest BCUT2D eigenvalue weighted by Gasteiger charge is -2.23. The van der Waals surface area contributed by atoms with Crippen molar-refractivity contribution in [1.29, 1.82) is 0 Å². The van der Waals surface area contributed by atoms with E-state index in [1.54, 1.807) is 6.20 Å². The number of benzene rings is 1. The third-order valence-corrected chi connectivity index (χ3v) is 4.31. The average Bonchev–Trinajstić information content (AvgIpc) is 2.54. The van der Waals surface area contributed by atoms with Crippen molar-refractivity contribution in [2.45, 2.75) is 44.6 Å². The normalized spacial score (nSPS) is 18.8. The second-order valence-corrected chi connectivity index (χ2v) is 5.89. The van der Waals surface area contributed by atoms with Crippen molar-refractivity contribution in [2.24, 2.45) is 0 Å². The molecule has 0 radical (unpaired) electrons. The number of piperidine rings is 1. The van der Waals surface area contributed by atoms with Crippen LogP contribution < -0.4 is 5.32 Å². The van der Waals surface area contributed by atoms with Crippen LogP contribution in [0.2, 0.25) is 0 Å². The van der Waals surface area contributed by atoms with E-state index in [1.807, 2.05) is 30.3 Å². The number of pyridine rings is 1. The van der Waals surface area contributed by atoms with Crippen LogP contribution >= 0.6 is 0 Å². The highest BCUT2D eigenvalue weighted by Gasteiger charge is 2.14. The molecule has 1 unspecified atom stereocenters. The predicted octanol–water partition coefficient (Wildman–Crippen LogP) is 3.27. The Kier molecular flexibility index (Phi) is 4.61. The first-order valence-electron chi connectivity index (χ1n) is 7.90. The van der Waals surface area contributed by atoms with Crippen molar-refractivity contribution in [3.05, 3.63) is 42.1 Å². The number of hydrogen-bond donors (Lipinski definition) is 1. The quantitative estimate of drug-likeness (QED) is 0.915. The Bertz CT molecular complexity index is 612. The predicted molar refractivity (Wildman–Crippen MR) is 85.3 cm³/mol. The molecule has 0 amide bonds. The van der Waals surface area contributed by atoms with E-state index in [2.05, 4.69) is 10.3 Å². The zero-order valence-corrected chi connectivity index (χ0v) is 12.3. The summed E-state index contributed by atoms with van der Waals surface area (Å²) in [6.45, 7) is 1.11. The number of aromatic nitrogens is 1. The molecule has 2 aromatic rings. The fourth-order valence-corrected chi connectivity index (χ4v) is 3.12. The highest BCUT2D eigenvalue weighted by Crippen LogP contribution is 2.18. The van der Waals surface area contributed by atoms with Crippen LogP contribution in [0.1, 0.15) is 37.7 Å². The molecule has 0 bridgehead atoms. The highest BCUT2D eigenvalue weighted by atomic mass is 16.1. The first-order chi connectivity index (χ1) is 10.3. The van der Waals surface area contributed by atoms with Gasteiger partial charge < -0.3 is 5.32 Å². The van der Waals surface area contributed by atoms with E-state index in [-0.39, 0.29) is 0 Å². The molecule has 21 heavy (non-hydrogen) atoms. The summed E-state index contributed by atoms with van der Waals surface area (Å²) in [6, 6.07) is 10.5. The third-order valence-electron chi connectivity index (χ3n) is 4.31. The van der Waals surface area contributed by atoms with E-state index in [0.29, 0.717) is 24.7 Å². The summed E-state index contributed by atoms with van der Waals surface area (Å²) in [5, 5.41) is 4.61. The second kappa shape index (κ2) is 6.81. The van der Waals surface area contributed by atoms with Crippen LogP contribution in [0.3, 0.4) is 0 Å². The number of para-hydroxylation sites is 1. The van der Waals surface area contributed by atoms with Crippen molar-refractivity contribution >= 4 is 16.7 Å². The molecule has 1 N–H and O–H groups in total. The van der Waals surface area contributed by atoms with Gasteiger partial charge in [-0.2, -0.15) is 0 Å². The van der Waals surface area contributed by atoms with Gasteiger partial charge in [-0.3, -0.25) is 9.78 Å². The first kappa shape index (κ1) is 14.2. The first-order valence-corrected chi connectivity index (χ1v) is 7.90. The minimum Gasteiger partial charge on any atom is -0.314 e. The molecule has 3 heteroatoms. The number of carbonyl (C=O) groups excluding carboxylic acids is 1. The van der Waals surface area contributed by atoms with Gasteiger partial charge in [0.2, 0.25) is 0 Å². The van der Waals surface area contributed by atoms with Crippen molar-refractivity contribution in [2.75, 3.05) is 6.54 Å². The molecular weight excluding hydrogens is 260 g/mol. The molecule has 0 spiro atoms. The van der Waals surface area contributed by atoms with E-state index in [1.165, 1.54) is 19.3 Å². The van der Waals surface area contributed by atoms with Crippen molar-refractivity contribution in [3.63, 3.8) is 0 Å². The van der Waals surface area contributed by atoms with Crippen molar-refractivity contribution < 1.29 is 4.79 Å². The Hall–Kier alpha value is -1.74. The molecule has 110 valence electrons. The summed E-state index contributed by atoms with van der Waals surface area (Å²) in [5.41, 5.74) is 2.07. The molecule has 3 nitrogen and oxygen atoms in total. The van der Waals surface area contributed by atoms with E-state index in [9.17, 15) is 4.79 Å². The van der Waals surface area contributed by atoms with Gasteiger partial charge in [-0.1, -0.05) is 24.6 Å². The maximum Gasteiger partial charge on any atom is 0.137 e. The molecule has 1 fully saturated rings. The summed E-state index contributed by atoms with van der Waals surface area (Å²) in [4.78, 5) is 16.6. The average molecular weight is 282 g/mol. The number of nitrogens with one attached hydrogen (secondary N) is 1. The van der Waals surface area contributed by atoms with Gasteiger partial charge in [0.15, 0.2) is 0 Å². The van der Waals surface area contributed by atoms with Crippen LogP contribution in [0, 0.1) is 0 Å². The second-order valence-electron chi connectivity index (χ2n) is 5.89. The van der Waals surface area contributed by atoms with Crippen LogP contribution in [0.4, 0.5) is 0 Å². The number of hydrogen-bond acceptors (Lipinski definition) is 3. The lowest BCUT2D eigenvalue weighted by atomic mass is 9.96. The molecule has 0 aliphatic carbocycles. The molecule has 1 saturated heterocycles. The zero-order valence-electron chi connectivity index (χ0n) is 12.3. The maximum absolute atomic E-state index is 12.3. The minimum atomic E-state index is 0.332. The Labute approximate surface area is 125 Å². The van der Waals surface area contributed by atoms with E-state index < -0.39 is 0 Å². The van der Waals surface area contributed by atoms with Gasteiger partial charge in [-0.25, -0.2) is 0 Å². The fraction of sp³-hybridized carbons (Fsp3) is 0.444. The summed E-state index contributed by atoms with van der Waals surface area (Å²) < 4.78 is 0.